The van der Waals surface area contributed by atoms with E-state index in [1.54, 1.807) is 106 Å². The Kier molecular flexibility index (Phi) is 31.7. The summed E-state index contributed by atoms with van der Waals surface area (Å²) in [5, 5.41) is 39.8. The molecule has 12 aromatic heterocycles. The molecule has 43 nitrogen and oxygen atoms in total. The van der Waals surface area contributed by atoms with Crippen molar-refractivity contribution in [3.05, 3.63) is 198 Å². The number of methoxy groups -OCH3 is 3. The first-order valence-electron chi connectivity index (χ1n) is 47.4. The molecule has 146 heavy (non-hydrogen) atoms. The Morgan fingerprint density at radius 1 is 0.459 bits per heavy atom. The summed E-state index contributed by atoms with van der Waals surface area (Å²) in [6.07, 6.45) is 15.6. The van der Waals surface area contributed by atoms with Crippen LogP contribution in [-0.4, -0.2) is 246 Å². The maximum atomic E-state index is 12.3. The first-order chi connectivity index (χ1) is 71.0. The summed E-state index contributed by atoms with van der Waals surface area (Å²) in [5.74, 6) is 5.35. The molecule has 756 valence electrons. The van der Waals surface area contributed by atoms with Crippen molar-refractivity contribution >= 4 is 125 Å². The standard InChI is InChI=1S/C27H28N6O5.C26H28N6O5.C26H28N6O4.C24H27N7O4/c1-14(2)37-26-23-18(16-5-7-20-22(11-16)38-15(3)30-20)13-29-24(23)32-27(33-26)31-19-8-6-17(12-21(19)36-4)25(35)28-9-10-34;1-4-36-21-8-6-16(12-28-21)18-13-29-23-22(18)25(37-17-9-10-35-14-17)32-26(31-23)30-19-7-5-15(24(33)27-2)11-20(19)34-3;1-4-35-21-8-6-17(12-28-21)19-13-29-23-22(19)25(36-18-9-10-34-14-18)32-26(31-23)30-20-7-5-16(11-15(20)2)24(33)27-3;1-25-22(32)14-4-5-18(19(12-14)33-3)27-24-28-21-20(16(13-26-21)17-6-9-31(2)30-17)23(29-24)35-15-7-10-34-11-8-15/h5-8,11-14,34H,9-10H2,1-4H3,(H,28,35)(H2,29,31,32,33);5-8,11-13,17H,4,9-10,14H2,1-3H3,(H,27,33)(H2,29,30,31,32);5-8,11-13,18H,4,9-10,14H2,1-3H3,(H,27,33)(H2,29,30,31,32);4-6,9,12-13,15H,7-8,10-11H2,1-3H3,(H,25,32)(H2,26,27,28,29)/t;17-;18-;/m.00./s1. The lowest BCUT2D eigenvalue weighted by Crippen LogP contribution is -2.26. The molecule has 13 N–H and O–H groups in total. The van der Waals surface area contributed by atoms with Crippen molar-refractivity contribution in [3.63, 3.8) is 0 Å². The average Bonchev–Trinajstić information content (AvgIpc) is 1.62. The number of hydrogen-bond acceptors (Lipinski definition) is 34. The number of anilines is 8. The first kappa shape index (κ1) is 100. The summed E-state index contributed by atoms with van der Waals surface area (Å²) < 4.78 is 76.5. The zero-order valence-corrected chi connectivity index (χ0v) is 82.5. The Hall–Kier alpha value is -17.3. The lowest BCUT2D eigenvalue weighted by Gasteiger charge is -2.23. The molecule has 5 aromatic carbocycles. The number of aromatic nitrogens is 17. The Bertz CT molecular complexity index is 7510. The number of fused-ring (bicyclic) bond motifs is 5. The quantitative estimate of drug-likeness (QED) is 0.0182. The number of nitrogens with zero attached hydrogens (tertiary/aromatic N) is 13. The summed E-state index contributed by atoms with van der Waals surface area (Å²) in [6.45, 7) is 16.2. The van der Waals surface area contributed by atoms with Crippen LogP contribution in [0.1, 0.15) is 106 Å². The van der Waals surface area contributed by atoms with Gasteiger partial charge in [-0.1, -0.05) is 6.07 Å². The van der Waals surface area contributed by atoms with E-state index in [4.69, 9.17) is 86.3 Å². The molecular formula is C103H111N25O18. The summed E-state index contributed by atoms with van der Waals surface area (Å²) in [4.78, 5) is 112. The number of carbonyl (C=O) groups excluding carboxylic acids is 4. The van der Waals surface area contributed by atoms with Crippen LogP contribution in [0.5, 0.6) is 52.5 Å². The fourth-order valence-electron chi connectivity index (χ4n) is 16.4. The Labute approximate surface area is 836 Å². The number of amides is 4. The number of H-pyrrole nitrogens is 4. The fraction of sp³-hybridized carbons (Fsp3) is 0.301. The molecule has 3 saturated heterocycles. The minimum Gasteiger partial charge on any atom is -0.495 e. The van der Waals surface area contributed by atoms with Gasteiger partial charge in [-0.2, -0.15) is 45.0 Å². The van der Waals surface area contributed by atoms with Gasteiger partial charge in [-0.25, -0.2) is 15.0 Å². The number of nitrogens with one attached hydrogen (secondary N) is 12. The van der Waals surface area contributed by atoms with Gasteiger partial charge in [0.15, 0.2) is 11.5 Å². The summed E-state index contributed by atoms with van der Waals surface area (Å²) in [5.41, 5.74) is 16.3. The van der Waals surface area contributed by atoms with Crippen molar-refractivity contribution in [3.8, 4) is 97.2 Å². The van der Waals surface area contributed by atoms with Crippen molar-refractivity contribution in [2.24, 2.45) is 7.05 Å². The first-order valence-corrected chi connectivity index (χ1v) is 47.4. The van der Waals surface area contributed by atoms with E-state index in [1.807, 2.05) is 140 Å². The lowest BCUT2D eigenvalue weighted by molar-refractivity contribution is 0.0244. The number of benzene rings is 5. The number of aryl methyl sites for hydroxylation is 3. The molecule has 0 saturated carbocycles. The zero-order chi connectivity index (χ0) is 102. The van der Waals surface area contributed by atoms with E-state index in [0.717, 1.165) is 109 Å². The Balaban J connectivity index is 0.000000133. The molecule has 0 aliphatic carbocycles. The van der Waals surface area contributed by atoms with Crippen LogP contribution in [0.25, 0.3) is 99.9 Å². The second kappa shape index (κ2) is 46.2. The van der Waals surface area contributed by atoms with Gasteiger partial charge in [0.1, 0.15) is 63.7 Å². The molecule has 4 amide bonds. The average molecular weight is 1990 g/mol. The number of rotatable bonds is 33. The molecular weight excluding hydrogens is 1880 g/mol. The number of ether oxygens (including phenoxy) is 12. The van der Waals surface area contributed by atoms with Crippen LogP contribution in [0.4, 0.5) is 46.5 Å². The predicted molar refractivity (Wildman–Crippen MR) is 547 cm³/mol. The lowest BCUT2D eigenvalue weighted by atomic mass is 10.1. The van der Waals surface area contributed by atoms with Crippen LogP contribution >= 0.6 is 0 Å². The molecule has 0 spiro atoms. The number of carbonyl (C=O) groups is 4. The highest BCUT2D eigenvalue weighted by atomic mass is 16.6. The van der Waals surface area contributed by atoms with Gasteiger partial charge in [-0.15, -0.1) is 0 Å². The monoisotopic (exact) mass is 1990 g/mol. The van der Waals surface area contributed by atoms with Crippen molar-refractivity contribution in [2.45, 2.75) is 91.6 Å². The van der Waals surface area contributed by atoms with Crippen molar-refractivity contribution < 1.29 is 85.5 Å². The summed E-state index contributed by atoms with van der Waals surface area (Å²) in [7, 11) is 11.2. The number of hydrogen-bond donors (Lipinski definition) is 13. The molecule has 3 fully saturated rings. The van der Waals surface area contributed by atoms with E-state index in [9.17, 15) is 19.2 Å². The smallest absolute Gasteiger partial charge is 0.251 e. The molecule has 15 heterocycles. The SMILES string of the molecule is CCOc1ccc(-c2c[nH]c3nc(Nc4ccc(C(=O)NC)cc4C)nc(O[C@H]4CCOC4)c23)cn1.CCOc1ccc(-c2c[nH]c3nc(Nc4ccc(C(=O)NC)cc4OC)nc(O[C@H]4CCOC4)c23)cn1.CNC(=O)c1ccc(Nc2nc(OC3CCOCC3)c3c(-c4ccn(C)n4)c[nH]c3n2)c(OC)c1.COc1cc(C(=O)NCCO)ccc1Nc1nc(OC(C)C)c2c(-c3ccc4nc(C)oc4c3)c[nH]c2n1. The molecule has 2 atom stereocenters. The molecule has 43 heteroatoms. The van der Waals surface area contributed by atoms with E-state index in [1.165, 1.54) is 14.2 Å². The van der Waals surface area contributed by atoms with Gasteiger partial charge >= 0.3 is 0 Å². The highest BCUT2D eigenvalue weighted by Gasteiger charge is 2.30. The maximum Gasteiger partial charge on any atom is 0.251 e. The third-order valence-electron chi connectivity index (χ3n) is 23.5. The van der Waals surface area contributed by atoms with Crippen molar-refractivity contribution in [2.75, 3.05) is 130 Å². The maximum absolute atomic E-state index is 12.3. The van der Waals surface area contributed by atoms with E-state index >= 15 is 0 Å². The van der Waals surface area contributed by atoms with Gasteiger partial charge in [0.05, 0.1) is 131 Å². The van der Waals surface area contributed by atoms with Crippen LogP contribution in [0.2, 0.25) is 0 Å². The Morgan fingerprint density at radius 2 is 0.863 bits per heavy atom. The number of aliphatic hydroxyl groups excluding tert-OH is 1. The number of oxazole rings is 1. The third kappa shape index (κ3) is 23.4. The number of aliphatic hydroxyl groups is 1. The summed E-state index contributed by atoms with van der Waals surface area (Å²) in [6, 6.07) is 35.9. The summed E-state index contributed by atoms with van der Waals surface area (Å²) >= 11 is 0. The van der Waals surface area contributed by atoms with Crippen molar-refractivity contribution in [1.29, 1.82) is 0 Å². The second-order valence-corrected chi connectivity index (χ2v) is 33.8. The molecule has 0 radical (unpaired) electrons. The normalized spacial score (nSPS) is 13.9. The van der Waals surface area contributed by atoms with Gasteiger partial charge in [0.2, 0.25) is 59.1 Å². The van der Waals surface area contributed by atoms with E-state index in [0.29, 0.717) is 203 Å². The Morgan fingerprint density at radius 3 is 1.27 bits per heavy atom. The highest BCUT2D eigenvalue weighted by Crippen LogP contribution is 2.44. The third-order valence-corrected chi connectivity index (χ3v) is 23.5. The molecule has 17 aromatic rings. The zero-order valence-electron chi connectivity index (χ0n) is 82.5. The van der Waals surface area contributed by atoms with Crippen LogP contribution in [0.3, 0.4) is 0 Å². The van der Waals surface area contributed by atoms with Crippen LogP contribution in [0, 0.1) is 13.8 Å². The molecule has 3 aliphatic rings. The minimum absolute atomic E-state index is 0.0115. The van der Waals surface area contributed by atoms with Crippen molar-refractivity contribution in [1.82, 2.24) is 106 Å². The van der Waals surface area contributed by atoms with E-state index in [-0.39, 0.29) is 61.2 Å². The van der Waals surface area contributed by atoms with Gasteiger partial charge < -0.3 is 129 Å². The second-order valence-electron chi connectivity index (χ2n) is 33.8. The fourth-order valence-corrected chi connectivity index (χ4v) is 16.4. The van der Waals surface area contributed by atoms with Gasteiger partial charge in [-0.3, -0.25) is 23.9 Å². The number of aromatic amines is 4. The minimum atomic E-state index is -0.313. The van der Waals surface area contributed by atoms with Crippen LogP contribution < -0.4 is 85.2 Å². The number of pyridine rings is 2. The van der Waals surface area contributed by atoms with Crippen LogP contribution in [-0.2, 0) is 21.3 Å². The van der Waals surface area contributed by atoms with Crippen LogP contribution in [0.15, 0.2) is 169 Å². The molecule has 0 unspecified atom stereocenters. The van der Waals surface area contributed by atoms with E-state index < -0.39 is 0 Å². The highest BCUT2D eigenvalue weighted by molar-refractivity contribution is 6.03. The van der Waals surface area contributed by atoms with Gasteiger partial charge in [0.25, 0.3) is 23.6 Å². The van der Waals surface area contributed by atoms with Gasteiger partial charge in [0, 0.05) is 184 Å². The predicted octanol–water partition coefficient (Wildman–Crippen LogP) is 15.1. The van der Waals surface area contributed by atoms with E-state index in [2.05, 4.69) is 102 Å². The van der Waals surface area contributed by atoms with Gasteiger partial charge in [-0.05, 0) is 149 Å². The topological polar surface area (TPSA) is 531 Å². The molecule has 3 aliphatic heterocycles. The largest absolute Gasteiger partial charge is 0.495 e. The molecule has 20 rings (SSSR count). The molecule has 0 bridgehead atoms.